The summed E-state index contributed by atoms with van der Waals surface area (Å²) in [6.45, 7) is 4.56. The van der Waals surface area contributed by atoms with Gasteiger partial charge in [0.2, 0.25) is 0 Å². The summed E-state index contributed by atoms with van der Waals surface area (Å²) in [4.78, 5) is 2.44. The summed E-state index contributed by atoms with van der Waals surface area (Å²) in [5.41, 5.74) is 4.18. The highest BCUT2D eigenvalue weighted by Gasteiger charge is 2.61. The maximum Gasteiger partial charge on any atom is 0.0953 e. The van der Waals surface area contributed by atoms with Crippen molar-refractivity contribution in [2.75, 3.05) is 20.1 Å². The first kappa shape index (κ1) is 9.66. The second kappa shape index (κ2) is 2.91. The highest BCUT2D eigenvalue weighted by Crippen LogP contribution is 2.59. The zero-order valence-electron chi connectivity index (χ0n) is 10.3. The van der Waals surface area contributed by atoms with Gasteiger partial charge in [-0.3, -0.25) is 5.10 Å². The molecule has 4 rings (SSSR count). The van der Waals surface area contributed by atoms with E-state index in [0.717, 1.165) is 11.4 Å². The molecule has 1 aliphatic carbocycles. The minimum absolute atomic E-state index is 0.386. The molecular formula is C14H17N3. The van der Waals surface area contributed by atoms with Crippen LogP contribution in [0.4, 0.5) is 0 Å². The Labute approximate surface area is 101 Å². The molecule has 2 heterocycles. The molecule has 3 nitrogen and oxygen atoms in total. The largest absolute Gasteiger partial charge is 0.305 e. The number of aromatic amines is 1. The van der Waals surface area contributed by atoms with E-state index >= 15 is 0 Å². The van der Waals surface area contributed by atoms with Gasteiger partial charge in [-0.25, -0.2) is 0 Å². The van der Waals surface area contributed by atoms with Gasteiger partial charge in [-0.05, 0) is 31.9 Å². The lowest BCUT2D eigenvalue weighted by molar-refractivity contribution is 0.362. The number of nitrogens with zero attached hydrogens (tertiary/aromatic N) is 2. The molecule has 1 N–H and O–H groups in total. The number of aryl methyl sites for hydroxylation is 1. The molecule has 1 aromatic carbocycles. The van der Waals surface area contributed by atoms with Crippen molar-refractivity contribution >= 4 is 10.9 Å². The van der Waals surface area contributed by atoms with Crippen molar-refractivity contribution < 1.29 is 0 Å². The molecule has 0 spiro atoms. The van der Waals surface area contributed by atoms with Crippen LogP contribution in [0.1, 0.15) is 17.7 Å². The Morgan fingerprint density at radius 3 is 3.12 bits per heavy atom. The van der Waals surface area contributed by atoms with Gasteiger partial charge in [-0.15, -0.1) is 0 Å². The Kier molecular flexibility index (Phi) is 1.65. The third kappa shape index (κ3) is 1.12. The van der Waals surface area contributed by atoms with Gasteiger partial charge < -0.3 is 4.90 Å². The molecule has 17 heavy (non-hydrogen) atoms. The van der Waals surface area contributed by atoms with Crippen LogP contribution in [0.3, 0.4) is 0 Å². The number of hydrogen-bond acceptors (Lipinski definition) is 2. The minimum Gasteiger partial charge on any atom is -0.305 e. The first-order chi connectivity index (χ1) is 8.21. The molecule has 3 heteroatoms. The number of piperidine rings is 1. The number of benzene rings is 1. The molecule has 0 bridgehead atoms. The third-order valence-electron chi connectivity index (χ3n) is 4.60. The molecule has 1 saturated carbocycles. The number of hydrogen-bond donors (Lipinski definition) is 1. The standard InChI is InChI=1S/C14H17N3/c1-9-4-3-5-11-12(9)15-16-13(11)14-6-10(14)7-17(2)8-14/h3-5,10H,6-8H2,1-2H3,(H,15,16). The van der Waals surface area contributed by atoms with E-state index in [0.29, 0.717) is 5.41 Å². The zero-order valence-corrected chi connectivity index (χ0v) is 10.3. The lowest BCUT2D eigenvalue weighted by Crippen LogP contribution is -2.22. The van der Waals surface area contributed by atoms with Gasteiger partial charge in [0.15, 0.2) is 0 Å². The molecule has 1 saturated heterocycles. The van der Waals surface area contributed by atoms with E-state index in [1.54, 1.807) is 0 Å². The molecule has 2 fully saturated rings. The summed E-state index contributed by atoms with van der Waals surface area (Å²) in [5.74, 6) is 0.844. The highest BCUT2D eigenvalue weighted by atomic mass is 15.2. The first-order valence-electron chi connectivity index (χ1n) is 6.33. The fourth-order valence-corrected chi connectivity index (χ4v) is 3.68. The van der Waals surface area contributed by atoms with Crippen LogP contribution in [0.15, 0.2) is 18.2 Å². The number of H-pyrrole nitrogens is 1. The van der Waals surface area contributed by atoms with Gasteiger partial charge in [-0.1, -0.05) is 18.2 Å². The fraction of sp³-hybridized carbons (Fsp3) is 0.500. The normalized spacial score (nSPS) is 32.0. The molecule has 1 aromatic heterocycles. The smallest absolute Gasteiger partial charge is 0.0953 e. The van der Waals surface area contributed by atoms with Crippen LogP contribution in [0.25, 0.3) is 10.9 Å². The summed E-state index contributed by atoms with van der Waals surface area (Å²) < 4.78 is 0. The predicted molar refractivity (Wildman–Crippen MR) is 68.1 cm³/mol. The molecule has 2 aromatic rings. The second-order valence-corrected chi connectivity index (χ2v) is 5.82. The van der Waals surface area contributed by atoms with Crippen molar-refractivity contribution in [1.29, 1.82) is 0 Å². The van der Waals surface area contributed by atoms with Crippen molar-refractivity contribution in [3.63, 3.8) is 0 Å². The van der Waals surface area contributed by atoms with Crippen LogP contribution >= 0.6 is 0 Å². The SMILES string of the molecule is Cc1cccc2c(C34CC3CN(C)C4)[nH]nc12. The zero-order chi connectivity index (χ0) is 11.6. The van der Waals surface area contributed by atoms with E-state index < -0.39 is 0 Å². The summed E-state index contributed by atoms with van der Waals surface area (Å²) >= 11 is 0. The fourth-order valence-electron chi connectivity index (χ4n) is 3.68. The molecule has 88 valence electrons. The molecule has 0 amide bonds. The van der Waals surface area contributed by atoms with Crippen LogP contribution in [0.5, 0.6) is 0 Å². The number of likely N-dealkylation sites (tertiary alicyclic amines) is 1. The van der Waals surface area contributed by atoms with E-state index in [1.165, 1.54) is 36.2 Å². The summed E-state index contributed by atoms with van der Waals surface area (Å²) in [5, 5.41) is 9.17. The molecule has 2 atom stereocenters. The average molecular weight is 227 g/mol. The van der Waals surface area contributed by atoms with Crippen molar-refractivity contribution in [2.45, 2.75) is 18.8 Å². The van der Waals surface area contributed by atoms with Gasteiger partial charge >= 0.3 is 0 Å². The molecule has 1 aliphatic heterocycles. The molecule has 0 radical (unpaired) electrons. The van der Waals surface area contributed by atoms with Crippen LogP contribution < -0.4 is 0 Å². The first-order valence-corrected chi connectivity index (χ1v) is 6.33. The minimum atomic E-state index is 0.386. The Morgan fingerprint density at radius 2 is 2.35 bits per heavy atom. The monoisotopic (exact) mass is 227 g/mol. The van der Waals surface area contributed by atoms with Gasteiger partial charge in [-0.2, -0.15) is 5.10 Å². The van der Waals surface area contributed by atoms with E-state index in [4.69, 9.17) is 0 Å². The Bertz CT molecular complexity index is 601. The van der Waals surface area contributed by atoms with E-state index in [1.807, 2.05) is 0 Å². The Balaban J connectivity index is 1.90. The molecular weight excluding hydrogens is 210 g/mol. The van der Waals surface area contributed by atoms with Crippen LogP contribution in [-0.4, -0.2) is 35.2 Å². The summed E-state index contributed by atoms with van der Waals surface area (Å²) in [6, 6.07) is 6.49. The Morgan fingerprint density at radius 1 is 1.47 bits per heavy atom. The van der Waals surface area contributed by atoms with Gasteiger partial charge in [0.05, 0.1) is 11.2 Å². The van der Waals surface area contributed by atoms with Crippen LogP contribution in [-0.2, 0) is 5.41 Å². The summed E-state index contributed by atoms with van der Waals surface area (Å²) in [7, 11) is 2.22. The van der Waals surface area contributed by atoms with Crippen LogP contribution in [0.2, 0.25) is 0 Å². The number of aromatic nitrogens is 2. The van der Waals surface area contributed by atoms with E-state index in [-0.39, 0.29) is 0 Å². The maximum atomic E-state index is 4.52. The predicted octanol–water partition coefficient (Wildman–Crippen LogP) is 2.07. The van der Waals surface area contributed by atoms with E-state index in [9.17, 15) is 0 Å². The van der Waals surface area contributed by atoms with Gasteiger partial charge in [0.1, 0.15) is 0 Å². The van der Waals surface area contributed by atoms with Crippen molar-refractivity contribution in [3.05, 3.63) is 29.5 Å². The van der Waals surface area contributed by atoms with Crippen molar-refractivity contribution in [2.24, 2.45) is 5.92 Å². The number of fused-ring (bicyclic) bond motifs is 2. The van der Waals surface area contributed by atoms with E-state index in [2.05, 4.69) is 47.3 Å². The quantitative estimate of drug-likeness (QED) is 0.809. The van der Waals surface area contributed by atoms with Gasteiger partial charge in [0.25, 0.3) is 0 Å². The van der Waals surface area contributed by atoms with Crippen LogP contribution in [0, 0.1) is 12.8 Å². The van der Waals surface area contributed by atoms with Crippen molar-refractivity contribution in [1.82, 2.24) is 15.1 Å². The lowest BCUT2D eigenvalue weighted by Gasteiger charge is -2.14. The van der Waals surface area contributed by atoms with Gasteiger partial charge in [0, 0.05) is 23.9 Å². The topological polar surface area (TPSA) is 31.9 Å². The second-order valence-electron chi connectivity index (χ2n) is 5.82. The summed E-state index contributed by atoms with van der Waals surface area (Å²) in [6.07, 6.45) is 1.34. The van der Waals surface area contributed by atoms with Crippen molar-refractivity contribution in [3.8, 4) is 0 Å². The highest BCUT2D eigenvalue weighted by molar-refractivity contribution is 5.85. The molecule has 2 unspecified atom stereocenters. The molecule has 2 aliphatic rings. The number of para-hydroxylation sites is 1. The number of nitrogens with one attached hydrogen (secondary N) is 1. The average Bonchev–Trinajstić information content (AvgIpc) is 2.72. The number of rotatable bonds is 1. The Hall–Kier alpha value is -1.35. The number of likely N-dealkylation sites (N-methyl/N-ethyl adjacent to an activating group) is 1. The maximum absolute atomic E-state index is 4.52. The third-order valence-corrected chi connectivity index (χ3v) is 4.60. The lowest BCUT2D eigenvalue weighted by atomic mass is 9.97.